The van der Waals surface area contributed by atoms with Gasteiger partial charge in [0, 0.05) is 6.20 Å². The fourth-order valence-corrected chi connectivity index (χ4v) is 1.14. The Balaban J connectivity index is 2.59. The lowest BCUT2D eigenvalue weighted by molar-refractivity contribution is 0.146. The molecule has 0 unspecified atom stereocenters. The van der Waals surface area contributed by atoms with Gasteiger partial charge in [-0.05, 0) is 24.5 Å². The minimum atomic E-state index is -0.411. The highest BCUT2D eigenvalue weighted by Gasteiger charge is 2.09. The minimum absolute atomic E-state index is 0.411. The summed E-state index contributed by atoms with van der Waals surface area (Å²) in [6.45, 7) is 4.18. The summed E-state index contributed by atoms with van der Waals surface area (Å²) in [4.78, 5) is 4.08. The minimum Gasteiger partial charge on any atom is -0.387 e. The van der Waals surface area contributed by atoms with Gasteiger partial charge in [-0.1, -0.05) is 19.9 Å². The molecule has 0 saturated carbocycles. The standard InChI is InChI=1S/C10H15NO/c1-8(2)7-10(12)9-5-3-4-6-11-9/h3-6,8,10,12H,7H2,1-2H3/t10-/m1/s1. The molecule has 1 heterocycles. The van der Waals surface area contributed by atoms with E-state index < -0.39 is 6.10 Å². The van der Waals surface area contributed by atoms with Crippen molar-refractivity contribution in [3.8, 4) is 0 Å². The van der Waals surface area contributed by atoms with Crippen molar-refractivity contribution in [1.29, 1.82) is 0 Å². The van der Waals surface area contributed by atoms with Crippen molar-refractivity contribution >= 4 is 0 Å². The number of aromatic nitrogens is 1. The maximum atomic E-state index is 9.63. The van der Waals surface area contributed by atoms with E-state index in [9.17, 15) is 5.11 Å². The van der Waals surface area contributed by atoms with Gasteiger partial charge < -0.3 is 5.11 Å². The number of hydrogen-bond acceptors (Lipinski definition) is 2. The summed E-state index contributed by atoms with van der Waals surface area (Å²) >= 11 is 0. The zero-order valence-electron chi connectivity index (χ0n) is 7.57. The number of hydrogen-bond donors (Lipinski definition) is 1. The molecular weight excluding hydrogens is 150 g/mol. The maximum Gasteiger partial charge on any atom is 0.0962 e. The van der Waals surface area contributed by atoms with E-state index >= 15 is 0 Å². The average molecular weight is 165 g/mol. The van der Waals surface area contributed by atoms with Crippen LogP contribution in [-0.2, 0) is 0 Å². The van der Waals surface area contributed by atoms with Crippen LogP contribution in [0.4, 0.5) is 0 Å². The van der Waals surface area contributed by atoms with Gasteiger partial charge in [0.1, 0.15) is 0 Å². The smallest absolute Gasteiger partial charge is 0.0962 e. The van der Waals surface area contributed by atoms with Crippen LogP contribution >= 0.6 is 0 Å². The Morgan fingerprint density at radius 3 is 2.67 bits per heavy atom. The second kappa shape index (κ2) is 4.21. The van der Waals surface area contributed by atoms with Gasteiger partial charge in [0.2, 0.25) is 0 Å². The molecule has 1 aromatic heterocycles. The van der Waals surface area contributed by atoms with Gasteiger partial charge >= 0.3 is 0 Å². The van der Waals surface area contributed by atoms with Gasteiger partial charge in [0.25, 0.3) is 0 Å². The lowest BCUT2D eigenvalue weighted by atomic mass is 10.0. The summed E-state index contributed by atoms with van der Waals surface area (Å²) in [6.07, 6.45) is 2.07. The predicted octanol–water partition coefficient (Wildman–Crippen LogP) is 2.16. The number of pyridine rings is 1. The molecule has 0 aromatic carbocycles. The molecular formula is C10H15NO. The van der Waals surface area contributed by atoms with Crippen LogP contribution in [0.2, 0.25) is 0 Å². The molecule has 66 valence electrons. The van der Waals surface area contributed by atoms with Crippen molar-refractivity contribution < 1.29 is 5.11 Å². The molecule has 0 spiro atoms. The van der Waals surface area contributed by atoms with E-state index in [2.05, 4.69) is 18.8 Å². The van der Waals surface area contributed by atoms with Gasteiger partial charge in [0.15, 0.2) is 0 Å². The molecule has 12 heavy (non-hydrogen) atoms. The summed E-state index contributed by atoms with van der Waals surface area (Å²) < 4.78 is 0. The molecule has 0 aliphatic rings. The summed E-state index contributed by atoms with van der Waals surface area (Å²) in [6, 6.07) is 5.60. The molecule has 0 saturated heterocycles. The van der Waals surface area contributed by atoms with Crippen LogP contribution in [0.5, 0.6) is 0 Å². The molecule has 1 N–H and O–H groups in total. The summed E-state index contributed by atoms with van der Waals surface area (Å²) in [5.74, 6) is 0.502. The third-order valence-electron chi connectivity index (χ3n) is 1.72. The van der Waals surface area contributed by atoms with E-state index in [1.54, 1.807) is 6.20 Å². The number of aliphatic hydroxyl groups is 1. The van der Waals surface area contributed by atoms with Crippen LogP contribution in [-0.4, -0.2) is 10.1 Å². The van der Waals surface area contributed by atoms with Crippen molar-refractivity contribution in [1.82, 2.24) is 4.98 Å². The van der Waals surface area contributed by atoms with Gasteiger partial charge in [-0.3, -0.25) is 4.98 Å². The first kappa shape index (κ1) is 9.20. The molecule has 1 rings (SSSR count). The van der Waals surface area contributed by atoms with Crippen LogP contribution in [0.15, 0.2) is 24.4 Å². The zero-order valence-corrected chi connectivity index (χ0v) is 7.57. The molecule has 0 aliphatic heterocycles. The number of nitrogens with zero attached hydrogens (tertiary/aromatic N) is 1. The van der Waals surface area contributed by atoms with E-state index in [0.29, 0.717) is 5.92 Å². The highest BCUT2D eigenvalue weighted by atomic mass is 16.3. The highest BCUT2D eigenvalue weighted by molar-refractivity contribution is 5.06. The Kier molecular flexibility index (Phi) is 3.23. The van der Waals surface area contributed by atoms with E-state index in [4.69, 9.17) is 0 Å². The Hall–Kier alpha value is -0.890. The third-order valence-corrected chi connectivity index (χ3v) is 1.72. The average Bonchev–Trinajstić information content (AvgIpc) is 2.05. The largest absolute Gasteiger partial charge is 0.387 e. The number of aliphatic hydroxyl groups excluding tert-OH is 1. The molecule has 2 nitrogen and oxygen atoms in total. The lowest BCUT2D eigenvalue weighted by Crippen LogP contribution is -2.03. The van der Waals surface area contributed by atoms with Crippen molar-refractivity contribution in [2.24, 2.45) is 5.92 Å². The molecule has 0 radical (unpaired) electrons. The van der Waals surface area contributed by atoms with Crippen LogP contribution in [0.1, 0.15) is 32.1 Å². The van der Waals surface area contributed by atoms with Crippen molar-refractivity contribution in [3.05, 3.63) is 30.1 Å². The Morgan fingerprint density at radius 2 is 2.17 bits per heavy atom. The SMILES string of the molecule is CC(C)C[C@@H](O)c1ccccn1. The van der Waals surface area contributed by atoms with Crippen LogP contribution < -0.4 is 0 Å². The topological polar surface area (TPSA) is 33.1 Å². The van der Waals surface area contributed by atoms with E-state index in [0.717, 1.165) is 12.1 Å². The first-order valence-corrected chi connectivity index (χ1v) is 4.29. The van der Waals surface area contributed by atoms with Gasteiger partial charge in [-0.2, -0.15) is 0 Å². The second-order valence-corrected chi connectivity index (χ2v) is 3.40. The van der Waals surface area contributed by atoms with Crippen molar-refractivity contribution in [3.63, 3.8) is 0 Å². The number of rotatable bonds is 3. The summed E-state index contributed by atoms with van der Waals surface area (Å²) in [5.41, 5.74) is 0.770. The lowest BCUT2D eigenvalue weighted by Gasteiger charge is -2.11. The van der Waals surface area contributed by atoms with E-state index in [1.807, 2.05) is 18.2 Å². The van der Waals surface area contributed by atoms with Crippen LogP contribution in [0, 0.1) is 5.92 Å². The normalized spacial score (nSPS) is 13.3. The van der Waals surface area contributed by atoms with Crippen LogP contribution in [0.3, 0.4) is 0 Å². The Bertz CT molecular complexity index is 221. The molecule has 0 fully saturated rings. The first-order chi connectivity index (χ1) is 5.70. The fourth-order valence-electron chi connectivity index (χ4n) is 1.14. The van der Waals surface area contributed by atoms with Crippen molar-refractivity contribution in [2.75, 3.05) is 0 Å². The molecule has 0 bridgehead atoms. The van der Waals surface area contributed by atoms with Crippen molar-refractivity contribution in [2.45, 2.75) is 26.4 Å². The highest BCUT2D eigenvalue weighted by Crippen LogP contribution is 2.17. The molecule has 1 atom stereocenters. The summed E-state index contributed by atoms with van der Waals surface area (Å²) in [5, 5.41) is 9.63. The quantitative estimate of drug-likeness (QED) is 0.744. The fraction of sp³-hybridized carbons (Fsp3) is 0.500. The van der Waals surface area contributed by atoms with E-state index in [1.165, 1.54) is 0 Å². The predicted molar refractivity (Wildman–Crippen MR) is 48.7 cm³/mol. The molecule has 0 aliphatic carbocycles. The van der Waals surface area contributed by atoms with Gasteiger partial charge in [0.05, 0.1) is 11.8 Å². The summed E-state index contributed by atoms with van der Waals surface area (Å²) in [7, 11) is 0. The molecule has 0 amide bonds. The Labute approximate surface area is 73.3 Å². The molecule has 2 heteroatoms. The second-order valence-electron chi connectivity index (χ2n) is 3.40. The maximum absolute atomic E-state index is 9.63. The zero-order chi connectivity index (χ0) is 8.97. The van der Waals surface area contributed by atoms with Gasteiger partial charge in [-0.25, -0.2) is 0 Å². The third kappa shape index (κ3) is 2.62. The van der Waals surface area contributed by atoms with E-state index in [-0.39, 0.29) is 0 Å². The monoisotopic (exact) mass is 165 g/mol. The first-order valence-electron chi connectivity index (χ1n) is 4.29. The van der Waals surface area contributed by atoms with Gasteiger partial charge in [-0.15, -0.1) is 0 Å². The van der Waals surface area contributed by atoms with Crippen LogP contribution in [0.25, 0.3) is 0 Å². The Morgan fingerprint density at radius 1 is 1.42 bits per heavy atom. The molecule has 1 aromatic rings.